The third-order valence-corrected chi connectivity index (χ3v) is 4.23. The van der Waals surface area contributed by atoms with Gasteiger partial charge in [0, 0.05) is 37.0 Å². The van der Waals surface area contributed by atoms with Crippen LogP contribution in [0.15, 0.2) is 36.5 Å². The number of aryl methyl sites for hydroxylation is 1. The van der Waals surface area contributed by atoms with E-state index < -0.39 is 6.09 Å². The van der Waals surface area contributed by atoms with Crippen molar-refractivity contribution in [2.75, 3.05) is 20.2 Å². The van der Waals surface area contributed by atoms with E-state index >= 15 is 0 Å². The van der Waals surface area contributed by atoms with Crippen molar-refractivity contribution in [3.63, 3.8) is 0 Å². The van der Waals surface area contributed by atoms with E-state index in [1.165, 1.54) is 4.90 Å². The molecular formula is C18H20N2O3. The van der Waals surface area contributed by atoms with Crippen molar-refractivity contribution in [1.82, 2.24) is 9.88 Å². The first-order chi connectivity index (χ1) is 11.1. The molecule has 0 aliphatic carbocycles. The van der Waals surface area contributed by atoms with Crippen molar-refractivity contribution >= 4 is 6.09 Å². The minimum Gasteiger partial charge on any atom is -0.493 e. The molecule has 1 amide bonds. The van der Waals surface area contributed by atoms with Gasteiger partial charge in [0.2, 0.25) is 0 Å². The maximum absolute atomic E-state index is 11.1. The molecule has 3 rings (SSSR count). The molecular weight excluding hydrogens is 292 g/mol. The zero-order chi connectivity index (χ0) is 16.4. The van der Waals surface area contributed by atoms with E-state index in [1.54, 1.807) is 13.2 Å². The van der Waals surface area contributed by atoms with Crippen LogP contribution in [0.3, 0.4) is 0 Å². The first-order valence-electron chi connectivity index (χ1n) is 7.69. The summed E-state index contributed by atoms with van der Waals surface area (Å²) < 4.78 is 5.93. The Kier molecular flexibility index (Phi) is 4.19. The average Bonchev–Trinajstić information content (AvgIpc) is 2.54. The van der Waals surface area contributed by atoms with Gasteiger partial charge in [0.15, 0.2) is 0 Å². The zero-order valence-corrected chi connectivity index (χ0v) is 13.3. The van der Waals surface area contributed by atoms with Gasteiger partial charge in [-0.25, -0.2) is 4.79 Å². The Morgan fingerprint density at radius 2 is 2.26 bits per heavy atom. The molecule has 23 heavy (non-hydrogen) atoms. The van der Waals surface area contributed by atoms with Crippen LogP contribution < -0.4 is 4.74 Å². The predicted octanol–water partition coefficient (Wildman–Crippen LogP) is 3.53. The van der Waals surface area contributed by atoms with Gasteiger partial charge in [-0.1, -0.05) is 18.2 Å². The summed E-state index contributed by atoms with van der Waals surface area (Å²) >= 11 is 0. The number of nitrogens with zero attached hydrogens (tertiary/aromatic N) is 2. The molecule has 1 aliphatic heterocycles. The van der Waals surface area contributed by atoms with Gasteiger partial charge >= 0.3 is 6.09 Å². The summed E-state index contributed by atoms with van der Waals surface area (Å²) in [6.45, 7) is 3.04. The molecule has 1 aromatic carbocycles. The van der Waals surface area contributed by atoms with Crippen LogP contribution in [-0.4, -0.2) is 41.3 Å². The molecule has 1 aliphatic rings. The number of carboxylic acid groups (broad SMARTS) is 1. The second kappa shape index (κ2) is 6.28. The zero-order valence-electron chi connectivity index (χ0n) is 13.3. The Morgan fingerprint density at radius 3 is 3.00 bits per heavy atom. The molecule has 0 fully saturated rings. The second-order valence-electron chi connectivity index (χ2n) is 5.91. The Bertz CT molecular complexity index is 730. The maximum Gasteiger partial charge on any atom is 0.407 e. The van der Waals surface area contributed by atoms with Crippen molar-refractivity contribution in [3.8, 4) is 16.9 Å². The molecule has 0 saturated carbocycles. The molecule has 1 atom stereocenters. The highest BCUT2D eigenvalue weighted by Gasteiger charge is 2.26. The number of carbonyl (C=O) groups is 1. The van der Waals surface area contributed by atoms with E-state index in [0.29, 0.717) is 13.2 Å². The van der Waals surface area contributed by atoms with Crippen molar-refractivity contribution in [1.29, 1.82) is 0 Å². The molecule has 120 valence electrons. The van der Waals surface area contributed by atoms with Gasteiger partial charge in [0.05, 0.1) is 6.61 Å². The molecule has 1 N–H and O–H groups in total. The Morgan fingerprint density at radius 1 is 1.43 bits per heavy atom. The van der Waals surface area contributed by atoms with Crippen LogP contribution in [0.25, 0.3) is 11.1 Å². The van der Waals surface area contributed by atoms with Crippen molar-refractivity contribution in [3.05, 3.63) is 47.8 Å². The quantitative estimate of drug-likeness (QED) is 0.941. The number of pyridine rings is 1. The van der Waals surface area contributed by atoms with Gasteiger partial charge in [0.1, 0.15) is 5.75 Å². The number of hydrogen-bond donors (Lipinski definition) is 1. The molecule has 1 aromatic heterocycles. The normalized spacial score (nSPS) is 16.3. The first-order valence-corrected chi connectivity index (χ1v) is 7.69. The Hall–Kier alpha value is -2.56. The Balaban J connectivity index is 1.99. The van der Waals surface area contributed by atoms with Crippen LogP contribution in [0.2, 0.25) is 0 Å². The minimum atomic E-state index is -0.904. The number of likely N-dealkylation sites (N-methyl/N-ethyl adjacent to an activating group) is 1. The van der Waals surface area contributed by atoms with Gasteiger partial charge in [-0.05, 0) is 36.6 Å². The van der Waals surface area contributed by atoms with Gasteiger partial charge < -0.3 is 14.7 Å². The van der Waals surface area contributed by atoms with Crippen LogP contribution in [0, 0.1) is 6.92 Å². The average molecular weight is 312 g/mol. The fourth-order valence-corrected chi connectivity index (χ4v) is 3.03. The van der Waals surface area contributed by atoms with Crippen molar-refractivity contribution in [2.24, 2.45) is 0 Å². The molecule has 0 spiro atoms. The fourth-order valence-electron chi connectivity index (χ4n) is 3.03. The molecule has 0 saturated heterocycles. The van der Waals surface area contributed by atoms with Gasteiger partial charge in [0.25, 0.3) is 0 Å². The highest BCUT2D eigenvalue weighted by molar-refractivity contribution is 5.73. The lowest BCUT2D eigenvalue weighted by Gasteiger charge is -2.30. The SMILES string of the molecule is Cc1cc(-c2cccc3c2OCCC3CN(C)C(=O)O)ccn1. The molecule has 2 aromatic rings. The lowest BCUT2D eigenvalue weighted by atomic mass is 9.89. The van der Waals surface area contributed by atoms with Gasteiger partial charge in [-0.15, -0.1) is 0 Å². The van der Waals surface area contributed by atoms with Gasteiger partial charge in [-0.3, -0.25) is 4.98 Å². The second-order valence-corrected chi connectivity index (χ2v) is 5.91. The third-order valence-electron chi connectivity index (χ3n) is 4.23. The lowest BCUT2D eigenvalue weighted by Crippen LogP contribution is -2.31. The number of benzene rings is 1. The molecule has 2 heterocycles. The first kappa shape index (κ1) is 15.3. The number of para-hydroxylation sites is 1. The van der Waals surface area contributed by atoms with E-state index in [4.69, 9.17) is 9.84 Å². The number of amides is 1. The molecule has 5 heteroatoms. The summed E-state index contributed by atoms with van der Waals surface area (Å²) in [7, 11) is 1.60. The highest BCUT2D eigenvalue weighted by Crippen LogP contribution is 2.41. The predicted molar refractivity (Wildman–Crippen MR) is 87.9 cm³/mol. The lowest BCUT2D eigenvalue weighted by molar-refractivity contribution is 0.149. The summed E-state index contributed by atoms with van der Waals surface area (Å²) in [5, 5.41) is 9.11. The van der Waals surface area contributed by atoms with E-state index in [2.05, 4.69) is 4.98 Å². The topological polar surface area (TPSA) is 62.7 Å². The van der Waals surface area contributed by atoms with Crippen LogP contribution in [0.4, 0.5) is 4.79 Å². The number of rotatable bonds is 3. The Labute approximate surface area is 135 Å². The highest BCUT2D eigenvalue weighted by atomic mass is 16.5. The van der Waals surface area contributed by atoms with E-state index in [9.17, 15) is 4.79 Å². The van der Waals surface area contributed by atoms with Crippen LogP contribution >= 0.6 is 0 Å². The van der Waals surface area contributed by atoms with Crippen molar-refractivity contribution < 1.29 is 14.6 Å². The van der Waals surface area contributed by atoms with E-state index in [0.717, 1.165) is 34.6 Å². The maximum atomic E-state index is 11.1. The van der Waals surface area contributed by atoms with Crippen LogP contribution in [-0.2, 0) is 0 Å². The van der Waals surface area contributed by atoms with Crippen molar-refractivity contribution in [2.45, 2.75) is 19.3 Å². The molecule has 5 nitrogen and oxygen atoms in total. The summed E-state index contributed by atoms with van der Waals surface area (Å²) in [5.41, 5.74) is 4.15. The molecule has 0 radical (unpaired) electrons. The van der Waals surface area contributed by atoms with E-state index in [1.807, 2.05) is 37.3 Å². The van der Waals surface area contributed by atoms with E-state index in [-0.39, 0.29) is 5.92 Å². The number of fused-ring (bicyclic) bond motifs is 1. The summed E-state index contributed by atoms with van der Waals surface area (Å²) in [6.07, 6.45) is 1.71. The monoisotopic (exact) mass is 312 g/mol. The number of ether oxygens (including phenoxy) is 1. The summed E-state index contributed by atoms with van der Waals surface area (Å²) in [6, 6.07) is 10.1. The minimum absolute atomic E-state index is 0.155. The largest absolute Gasteiger partial charge is 0.493 e. The fraction of sp³-hybridized carbons (Fsp3) is 0.333. The third kappa shape index (κ3) is 3.13. The van der Waals surface area contributed by atoms with Gasteiger partial charge in [-0.2, -0.15) is 0 Å². The molecule has 0 bridgehead atoms. The summed E-state index contributed by atoms with van der Waals surface area (Å²) in [4.78, 5) is 16.7. The summed E-state index contributed by atoms with van der Waals surface area (Å²) in [5.74, 6) is 1.02. The molecule has 1 unspecified atom stereocenters. The van der Waals surface area contributed by atoms with Crippen LogP contribution in [0.5, 0.6) is 5.75 Å². The number of aromatic nitrogens is 1. The standard InChI is InChI=1S/C18H20N2O3/c1-12-10-13(6-8-19-12)15-4-3-5-16-14(7-9-23-17(15)16)11-20(2)18(21)22/h3-6,8,10,14H,7,9,11H2,1-2H3,(H,21,22). The van der Waals surface area contributed by atoms with Crippen LogP contribution in [0.1, 0.15) is 23.6 Å². The number of hydrogen-bond acceptors (Lipinski definition) is 3. The smallest absolute Gasteiger partial charge is 0.407 e.